The number of rotatable bonds is 3. The number of hydrogen-bond acceptors (Lipinski definition) is 2. The molecule has 0 radical (unpaired) electrons. The minimum absolute atomic E-state index is 0.796. The summed E-state index contributed by atoms with van der Waals surface area (Å²) in [6.07, 6.45) is 10.4. The normalized spacial score (nSPS) is 9.50. The minimum atomic E-state index is 0.796. The second kappa shape index (κ2) is 6.58. The Morgan fingerprint density at radius 2 is 2.62 bits per heavy atom. The van der Waals surface area contributed by atoms with Crippen LogP contribution in [0.5, 0.6) is 0 Å². The maximum Gasteiger partial charge on any atom is 0.0136 e. The van der Waals surface area contributed by atoms with Gasteiger partial charge in [0.25, 0.3) is 0 Å². The molecule has 1 nitrogen and oxygen atoms in total. The van der Waals surface area contributed by atoms with Gasteiger partial charge >= 0.3 is 0 Å². The van der Waals surface area contributed by atoms with Crippen molar-refractivity contribution < 1.29 is 0 Å². The number of terminal acetylenes is 1. The Labute approximate surface area is 54.7 Å². The molecule has 0 atom stereocenters. The summed E-state index contributed by atoms with van der Waals surface area (Å²) in [5.41, 5.74) is 0. The van der Waals surface area contributed by atoms with E-state index in [1.807, 2.05) is 12.5 Å². The van der Waals surface area contributed by atoms with E-state index in [-0.39, 0.29) is 0 Å². The lowest BCUT2D eigenvalue weighted by atomic mass is 10.3. The van der Waals surface area contributed by atoms with Crippen molar-refractivity contribution in [1.29, 1.82) is 0 Å². The molecule has 0 aliphatic rings. The van der Waals surface area contributed by atoms with Crippen LogP contribution in [-0.4, -0.2) is 12.5 Å². The predicted octanol–water partition coefficient (Wildman–Crippen LogP) is 1.75. The van der Waals surface area contributed by atoms with Crippen molar-refractivity contribution in [3.8, 4) is 12.3 Å². The van der Waals surface area contributed by atoms with Crippen LogP contribution < -0.4 is 0 Å². The van der Waals surface area contributed by atoms with E-state index >= 15 is 0 Å². The first-order chi connectivity index (χ1) is 3.91. The Hall–Kier alpha value is -0.420. The molecule has 0 aliphatic carbocycles. The van der Waals surface area contributed by atoms with Crippen LogP contribution in [-0.2, 0) is 0 Å². The molecular formula is C6H9NS. The van der Waals surface area contributed by atoms with E-state index in [2.05, 4.69) is 10.3 Å². The standard InChI is InChI=1S/C6H9NS/c1-3-4-5-6-7-8-2/h1,6H,4-5H2,2H3/b7-6+. The van der Waals surface area contributed by atoms with Gasteiger partial charge in [-0.05, 0) is 18.4 Å². The summed E-state index contributed by atoms with van der Waals surface area (Å²) in [7, 11) is 0. The molecule has 2 heteroatoms. The van der Waals surface area contributed by atoms with Gasteiger partial charge in [-0.1, -0.05) is 0 Å². The van der Waals surface area contributed by atoms with Crippen LogP contribution in [0.4, 0.5) is 0 Å². The van der Waals surface area contributed by atoms with E-state index in [0.29, 0.717) is 0 Å². The molecule has 0 N–H and O–H groups in total. The van der Waals surface area contributed by atoms with Crippen LogP contribution in [0.15, 0.2) is 4.40 Å². The van der Waals surface area contributed by atoms with Crippen molar-refractivity contribution in [2.45, 2.75) is 12.8 Å². The number of nitrogens with zero attached hydrogens (tertiary/aromatic N) is 1. The third-order valence-corrected chi connectivity index (χ3v) is 0.958. The van der Waals surface area contributed by atoms with Crippen molar-refractivity contribution in [2.24, 2.45) is 4.40 Å². The number of hydrogen-bond donors (Lipinski definition) is 0. The molecule has 0 aromatic carbocycles. The summed E-state index contributed by atoms with van der Waals surface area (Å²) in [5, 5.41) is 0. The highest BCUT2D eigenvalue weighted by Crippen LogP contribution is 1.91. The highest BCUT2D eigenvalue weighted by Gasteiger charge is 1.72. The fraction of sp³-hybridized carbons (Fsp3) is 0.500. The molecule has 0 fully saturated rings. The van der Waals surface area contributed by atoms with Gasteiger partial charge in [0.05, 0.1) is 0 Å². The molecule has 0 saturated heterocycles. The molecule has 0 rings (SSSR count). The third kappa shape index (κ3) is 5.58. The predicted molar refractivity (Wildman–Crippen MR) is 40.1 cm³/mol. The van der Waals surface area contributed by atoms with Gasteiger partial charge in [-0.2, -0.15) is 0 Å². The van der Waals surface area contributed by atoms with Gasteiger partial charge in [-0.3, -0.25) is 0 Å². The molecule has 0 bridgehead atoms. The lowest BCUT2D eigenvalue weighted by molar-refractivity contribution is 1.16. The fourth-order valence-corrected chi connectivity index (χ4v) is 0.530. The Morgan fingerprint density at radius 1 is 1.88 bits per heavy atom. The molecule has 0 spiro atoms. The van der Waals surface area contributed by atoms with E-state index in [1.54, 1.807) is 0 Å². The summed E-state index contributed by atoms with van der Waals surface area (Å²) >= 11 is 1.45. The summed E-state index contributed by atoms with van der Waals surface area (Å²) in [4.78, 5) is 0. The van der Waals surface area contributed by atoms with Crippen molar-refractivity contribution in [3.05, 3.63) is 0 Å². The molecule has 0 aliphatic heterocycles. The topological polar surface area (TPSA) is 12.4 Å². The summed E-state index contributed by atoms with van der Waals surface area (Å²) in [6, 6.07) is 0. The summed E-state index contributed by atoms with van der Waals surface area (Å²) < 4.78 is 3.91. The third-order valence-electron chi connectivity index (χ3n) is 0.598. The van der Waals surface area contributed by atoms with Crippen molar-refractivity contribution >= 4 is 18.2 Å². The molecule has 0 aromatic heterocycles. The lowest BCUT2D eigenvalue weighted by Gasteiger charge is -1.79. The monoisotopic (exact) mass is 127 g/mol. The van der Waals surface area contributed by atoms with Gasteiger partial charge in [-0.25, -0.2) is 4.40 Å². The van der Waals surface area contributed by atoms with Gasteiger partial charge in [0.1, 0.15) is 0 Å². The SMILES string of the molecule is C#CCC/C=N/SC. The van der Waals surface area contributed by atoms with E-state index in [4.69, 9.17) is 6.42 Å². The zero-order valence-electron chi connectivity index (χ0n) is 4.92. The van der Waals surface area contributed by atoms with Crippen molar-refractivity contribution in [3.63, 3.8) is 0 Å². The zero-order valence-corrected chi connectivity index (χ0v) is 5.74. The quantitative estimate of drug-likeness (QED) is 0.243. The van der Waals surface area contributed by atoms with Crippen molar-refractivity contribution in [2.75, 3.05) is 6.26 Å². The van der Waals surface area contributed by atoms with E-state index in [9.17, 15) is 0 Å². The molecular weight excluding hydrogens is 118 g/mol. The maximum atomic E-state index is 4.99. The average molecular weight is 127 g/mol. The van der Waals surface area contributed by atoms with E-state index in [1.165, 1.54) is 11.9 Å². The largest absolute Gasteiger partial charge is 0.229 e. The maximum absolute atomic E-state index is 4.99. The first-order valence-electron chi connectivity index (χ1n) is 2.40. The Morgan fingerprint density at radius 3 is 3.12 bits per heavy atom. The Kier molecular flexibility index (Phi) is 6.23. The van der Waals surface area contributed by atoms with Crippen LogP contribution in [0.1, 0.15) is 12.8 Å². The highest BCUT2D eigenvalue weighted by atomic mass is 32.2. The van der Waals surface area contributed by atoms with Gasteiger partial charge < -0.3 is 0 Å². The first-order valence-corrected chi connectivity index (χ1v) is 3.58. The lowest BCUT2D eigenvalue weighted by Crippen LogP contribution is -1.69. The van der Waals surface area contributed by atoms with Gasteiger partial charge in [-0.15, -0.1) is 12.3 Å². The van der Waals surface area contributed by atoms with Crippen LogP contribution in [0.3, 0.4) is 0 Å². The average Bonchev–Trinajstić information content (AvgIpc) is 1.81. The van der Waals surface area contributed by atoms with Crippen molar-refractivity contribution in [1.82, 2.24) is 0 Å². The molecule has 0 unspecified atom stereocenters. The Bertz CT molecular complexity index is 102. The smallest absolute Gasteiger partial charge is 0.0136 e. The highest BCUT2D eigenvalue weighted by molar-refractivity contribution is 7.97. The second-order valence-electron chi connectivity index (χ2n) is 1.21. The van der Waals surface area contributed by atoms with E-state index < -0.39 is 0 Å². The van der Waals surface area contributed by atoms with Crippen LogP contribution in [0.2, 0.25) is 0 Å². The van der Waals surface area contributed by atoms with E-state index in [0.717, 1.165) is 12.8 Å². The van der Waals surface area contributed by atoms with Gasteiger partial charge in [0.15, 0.2) is 0 Å². The zero-order chi connectivity index (χ0) is 6.24. The molecule has 0 amide bonds. The van der Waals surface area contributed by atoms with Crippen LogP contribution in [0.25, 0.3) is 0 Å². The van der Waals surface area contributed by atoms with Crippen LogP contribution >= 0.6 is 11.9 Å². The molecule has 8 heavy (non-hydrogen) atoms. The summed E-state index contributed by atoms with van der Waals surface area (Å²) in [6.45, 7) is 0. The molecule has 0 heterocycles. The van der Waals surface area contributed by atoms with Gasteiger partial charge in [0.2, 0.25) is 0 Å². The second-order valence-corrected chi connectivity index (χ2v) is 1.79. The first kappa shape index (κ1) is 7.58. The Balaban J connectivity index is 2.94. The number of unbranched alkanes of at least 4 members (excludes halogenated alkanes) is 1. The molecule has 44 valence electrons. The van der Waals surface area contributed by atoms with Crippen LogP contribution in [0, 0.1) is 12.3 Å². The summed E-state index contributed by atoms with van der Waals surface area (Å²) in [5.74, 6) is 2.53. The molecule has 0 saturated carbocycles. The van der Waals surface area contributed by atoms with Gasteiger partial charge in [0, 0.05) is 18.9 Å². The fourth-order valence-electron chi connectivity index (χ4n) is 0.275. The molecule has 0 aromatic rings. The minimum Gasteiger partial charge on any atom is -0.229 e.